The second-order valence-electron chi connectivity index (χ2n) is 7.83. The summed E-state index contributed by atoms with van der Waals surface area (Å²) in [6.07, 6.45) is -1.27. The molecule has 31 heavy (non-hydrogen) atoms. The van der Waals surface area contributed by atoms with Gasteiger partial charge in [-0.2, -0.15) is 0 Å². The molecule has 0 spiro atoms. The number of esters is 3. The van der Waals surface area contributed by atoms with Crippen molar-refractivity contribution in [3.63, 3.8) is 0 Å². The molecule has 0 aromatic heterocycles. The molecule has 0 heterocycles. The molecule has 6 nitrogen and oxygen atoms in total. The quantitative estimate of drug-likeness (QED) is 0.353. The van der Waals surface area contributed by atoms with Crippen LogP contribution in [-0.4, -0.2) is 30.2 Å². The molecule has 0 amide bonds. The lowest BCUT2D eigenvalue weighted by Crippen LogP contribution is -2.34. The number of alkyl halides is 1. The zero-order valence-corrected chi connectivity index (χ0v) is 18.0. The largest absolute Gasteiger partial charge is 0.456 e. The van der Waals surface area contributed by atoms with E-state index in [-0.39, 0.29) is 40.6 Å². The zero-order valence-electron chi connectivity index (χ0n) is 18.0. The third kappa shape index (κ3) is 6.64. The van der Waals surface area contributed by atoms with Gasteiger partial charge in [0.25, 0.3) is 0 Å². The van der Waals surface area contributed by atoms with Crippen LogP contribution in [0.15, 0.2) is 54.7 Å². The fourth-order valence-corrected chi connectivity index (χ4v) is 3.10. The van der Waals surface area contributed by atoms with Crippen LogP contribution in [-0.2, 0) is 19.1 Å². The maximum atomic E-state index is 14.7. The van der Waals surface area contributed by atoms with Crippen LogP contribution in [0.25, 0.3) is 0 Å². The number of rotatable bonds is 7. The van der Waals surface area contributed by atoms with Gasteiger partial charge in [0.2, 0.25) is 0 Å². The maximum absolute atomic E-state index is 14.7. The Morgan fingerprint density at radius 1 is 0.839 bits per heavy atom. The predicted molar refractivity (Wildman–Crippen MR) is 114 cm³/mol. The normalized spacial score (nSPS) is 20.3. The smallest absolute Gasteiger partial charge is 0.338 e. The summed E-state index contributed by atoms with van der Waals surface area (Å²) in [7, 11) is 0. The second-order valence-corrected chi connectivity index (χ2v) is 7.83. The SMILES string of the molecule is C=C(C)C(=O)Oc1cc(OC(=O)C(=C)C)cc(C2CCC(OC(=O)C(=C)C)C(F)C2)c1. The van der Waals surface area contributed by atoms with Gasteiger partial charge in [0.15, 0.2) is 0 Å². The summed E-state index contributed by atoms with van der Waals surface area (Å²) in [6.45, 7) is 15.1. The highest BCUT2D eigenvalue weighted by Gasteiger charge is 2.34. The van der Waals surface area contributed by atoms with Crippen molar-refractivity contribution >= 4 is 17.9 Å². The fourth-order valence-electron chi connectivity index (χ4n) is 3.10. The minimum Gasteiger partial charge on any atom is -0.456 e. The molecule has 166 valence electrons. The van der Waals surface area contributed by atoms with Crippen molar-refractivity contribution in [3.05, 3.63) is 60.2 Å². The van der Waals surface area contributed by atoms with Gasteiger partial charge in [0.1, 0.15) is 23.8 Å². The average Bonchev–Trinajstić information content (AvgIpc) is 2.68. The highest BCUT2D eigenvalue weighted by Crippen LogP contribution is 2.39. The summed E-state index contributed by atoms with van der Waals surface area (Å²) in [5.41, 5.74) is 1.26. The second kappa shape index (κ2) is 10.2. The number of ether oxygens (including phenoxy) is 3. The molecule has 1 aliphatic rings. The molecule has 0 radical (unpaired) electrons. The summed E-state index contributed by atoms with van der Waals surface area (Å²) in [6, 6.07) is 4.62. The molecular formula is C24H27FO6. The van der Waals surface area contributed by atoms with Gasteiger partial charge >= 0.3 is 17.9 Å². The standard InChI is InChI=1S/C24H27FO6/c1-13(2)22(26)29-18-9-17(10-19(12-18)30-23(27)14(3)4)16-7-8-21(20(25)11-16)31-24(28)15(5)6/h9-10,12,16,20-21H,1,3,5,7-8,11H2,2,4,6H3. The molecule has 7 heteroatoms. The topological polar surface area (TPSA) is 78.9 Å². The van der Waals surface area contributed by atoms with E-state index in [0.717, 1.165) is 0 Å². The van der Waals surface area contributed by atoms with Crippen LogP contribution in [0, 0.1) is 0 Å². The summed E-state index contributed by atoms with van der Waals surface area (Å²) in [5, 5.41) is 0. The molecule has 1 fully saturated rings. The van der Waals surface area contributed by atoms with E-state index in [2.05, 4.69) is 19.7 Å². The summed E-state index contributed by atoms with van der Waals surface area (Å²) in [5.74, 6) is -1.82. The Labute approximate surface area is 181 Å². The lowest BCUT2D eigenvalue weighted by molar-refractivity contribution is -0.149. The van der Waals surface area contributed by atoms with Crippen molar-refractivity contribution in [1.29, 1.82) is 0 Å². The summed E-state index contributed by atoms with van der Waals surface area (Å²) in [4.78, 5) is 35.6. The maximum Gasteiger partial charge on any atom is 0.338 e. The Morgan fingerprint density at radius 2 is 1.32 bits per heavy atom. The van der Waals surface area contributed by atoms with Crippen LogP contribution in [0.1, 0.15) is 51.5 Å². The Hall–Kier alpha value is -3.22. The number of benzene rings is 1. The first-order valence-electron chi connectivity index (χ1n) is 9.88. The molecule has 1 saturated carbocycles. The molecule has 0 aliphatic heterocycles. The molecule has 3 atom stereocenters. The number of hydrogen-bond acceptors (Lipinski definition) is 6. The van der Waals surface area contributed by atoms with E-state index in [1.807, 2.05) is 0 Å². The van der Waals surface area contributed by atoms with Gasteiger partial charge in [-0.1, -0.05) is 19.7 Å². The van der Waals surface area contributed by atoms with Crippen LogP contribution in [0.3, 0.4) is 0 Å². The highest BCUT2D eigenvalue weighted by atomic mass is 19.1. The minimum absolute atomic E-state index is 0.0971. The van der Waals surface area contributed by atoms with Crippen molar-refractivity contribution in [2.24, 2.45) is 0 Å². The zero-order chi connectivity index (χ0) is 23.3. The highest BCUT2D eigenvalue weighted by molar-refractivity contribution is 5.90. The lowest BCUT2D eigenvalue weighted by atomic mass is 9.81. The number of halogens is 1. The first kappa shape index (κ1) is 24.1. The van der Waals surface area contributed by atoms with Crippen LogP contribution in [0.2, 0.25) is 0 Å². The van der Waals surface area contributed by atoms with Crippen molar-refractivity contribution < 1.29 is 33.0 Å². The van der Waals surface area contributed by atoms with Gasteiger partial charge in [-0.15, -0.1) is 0 Å². The molecule has 0 bridgehead atoms. The van der Waals surface area contributed by atoms with E-state index >= 15 is 0 Å². The van der Waals surface area contributed by atoms with Crippen LogP contribution in [0.4, 0.5) is 4.39 Å². The molecule has 2 rings (SSSR count). The number of carbonyl (C=O) groups is 3. The lowest BCUT2D eigenvalue weighted by Gasteiger charge is -2.32. The molecule has 0 N–H and O–H groups in total. The average molecular weight is 430 g/mol. The van der Waals surface area contributed by atoms with E-state index < -0.39 is 30.2 Å². The Morgan fingerprint density at radius 3 is 1.74 bits per heavy atom. The first-order valence-corrected chi connectivity index (χ1v) is 9.88. The predicted octanol–water partition coefficient (Wildman–Crippen LogP) is 4.74. The van der Waals surface area contributed by atoms with Gasteiger partial charge < -0.3 is 14.2 Å². The first-order chi connectivity index (χ1) is 14.5. The summed E-state index contributed by atoms with van der Waals surface area (Å²) >= 11 is 0. The van der Waals surface area contributed by atoms with Crippen molar-refractivity contribution in [2.75, 3.05) is 0 Å². The van der Waals surface area contributed by atoms with E-state index in [4.69, 9.17) is 14.2 Å². The molecule has 1 aromatic rings. The number of carbonyl (C=O) groups excluding carboxylic acids is 3. The molecule has 1 aromatic carbocycles. The van der Waals surface area contributed by atoms with Gasteiger partial charge in [-0.3, -0.25) is 0 Å². The third-order valence-corrected chi connectivity index (χ3v) is 4.81. The molecular weight excluding hydrogens is 403 g/mol. The molecule has 1 aliphatic carbocycles. The molecule has 3 unspecified atom stereocenters. The van der Waals surface area contributed by atoms with Gasteiger partial charge in [0.05, 0.1) is 0 Å². The van der Waals surface area contributed by atoms with E-state index in [1.165, 1.54) is 26.8 Å². The Kier molecular flexibility index (Phi) is 7.91. The van der Waals surface area contributed by atoms with Gasteiger partial charge in [0, 0.05) is 22.8 Å². The fraction of sp³-hybridized carbons (Fsp3) is 0.375. The van der Waals surface area contributed by atoms with Crippen LogP contribution >= 0.6 is 0 Å². The monoisotopic (exact) mass is 430 g/mol. The Bertz CT molecular complexity index is 886. The van der Waals surface area contributed by atoms with Crippen molar-refractivity contribution in [2.45, 2.75) is 58.2 Å². The van der Waals surface area contributed by atoms with Gasteiger partial charge in [-0.05, 0) is 63.6 Å². The molecule has 0 saturated heterocycles. The van der Waals surface area contributed by atoms with E-state index in [9.17, 15) is 18.8 Å². The minimum atomic E-state index is -1.37. The van der Waals surface area contributed by atoms with Crippen molar-refractivity contribution in [1.82, 2.24) is 0 Å². The summed E-state index contributed by atoms with van der Waals surface area (Å²) < 4.78 is 30.5. The van der Waals surface area contributed by atoms with Crippen molar-refractivity contribution in [3.8, 4) is 11.5 Å². The van der Waals surface area contributed by atoms with Gasteiger partial charge in [-0.25, -0.2) is 18.8 Å². The third-order valence-electron chi connectivity index (χ3n) is 4.81. The number of hydrogen-bond donors (Lipinski definition) is 0. The van der Waals surface area contributed by atoms with E-state index in [0.29, 0.717) is 18.4 Å². The van der Waals surface area contributed by atoms with E-state index in [1.54, 1.807) is 12.1 Å². The van der Waals surface area contributed by atoms with Crippen LogP contribution in [0.5, 0.6) is 11.5 Å². The van der Waals surface area contributed by atoms with Crippen LogP contribution < -0.4 is 9.47 Å². The Balaban J connectivity index is 2.25.